The number of aliphatic hydroxyl groups excluding tert-OH is 25. The van der Waals surface area contributed by atoms with Crippen molar-refractivity contribution < 1.29 is 199 Å². The van der Waals surface area contributed by atoms with Crippen LogP contribution < -0.4 is 5.73 Å². The summed E-state index contributed by atoms with van der Waals surface area (Å²) >= 11 is 0. The topological polar surface area (TPSA) is 670 Å². The molecule has 40 atom stereocenters. The van der Waals surface area contributed by atoms with Gasteiger partial charge in [0.15, 0.2) is 50.3 Å². The lowest BCUT2D eigenvalue weighted by Gasteiger charge is -2.50. The lowest BCUT2D eigenvalue weighted by atomic mass is 9.95. The zero-order valence-corrected chi connectivity index (χ0v) is 46.6. The minimum atomic E-state index is -2.44. The van der Waals surface area contributed by atoms with Crippen molar-refractivity contribution in [2.45, 2.75) is 246 Å². The van der Waals surface area contributed by atoms with E-state index in [1.165, 1.54) is 0 Å². The van der Waals surface area contributed by atoms with Crippen LogP contribution in [0.2, 0.25) is 0 Å². The first-order valence-corrected chi connectivity index (χ1v) is 28.2. The Morgan fingerprint density at radius 3 is 0.865 bits per heavy atom. The molecule has 89 heavy (non-hydrogen) atoms. The van der Waals surface area contributed by atoms with Crippen molar-refractivity contribution in [3.8, 4) is 0 Å². The van der Waals surface area contributed by atoms with Crippen LogP contribution in [-0.2, 0) is 71.1 Å². The second kappa shape index (κ2) is 31.5. The van der Waals surface area contributed by atoms with Crippen LogP contribution in [0.15, 0.2) is 0 Å². The van der Waals surface area contributed by atoms with Gasteiger partial charge < -0.3 is 204 Å². The summed E-state index contributed by atoms with van der Waals surface area (Å²) in [5, 5.41) is 269. The van der Waals surface area contributed by atoms with Crippen LogP contribution in [0.4, 0.5) is 0 Å². The van der Waals surface area contributed by atoms with Gasteiger partial charge in [0.25, 0.3) is 0 Å². The molecular weight excluding hydrogens is 1230 g/mol. The Morgan fingerprint density at radius 2 is 0.494 bits per heavy atom. The van der Waals surface area contributed by atoms with E-state index in [1.807, 2.05) is 0 Å². The van der Waals surface area contributed by atoms with Crippen LogP contribution in [-0.4, -0.2) is 426 Å². The normalized spacial score (nSPS) is 53.6. The third kappa shape index (κ3) is 15.3. The molecule has 8 heterocycles. The molecule has 8 rings (SSSR count). The lowest BCUT2D eigenvalue weighted by molar-refractivity contribution is -0.402. The third-order valence-electron chi connectivity index (χ3n) is 16.7. The van der Waals surface area contributed by atoms with Gasteiger partial charge in [-0.25, -0.2) is 0 Å². The largest absolute Gasteiger partial charge is 0.394 e. The van der Waals surface area contributed by atoms with Crippen LogP contribution in [0, 0.1) is 0 Å². The molecule has 8 aliphatic rings. The van der Waals surface area contributed by atoms with Crippen LogP contribution >= 0.6 is 0 Å². The summed E-state index contributed by atoms with van der Waals surface area (Å²) < 4.78 is 86.0. The van der Waals surface area contributed by atoms with Gasteiger partial charge in [0.2, 0.25) is 0 Å². The Hall–Kier alpha value is -1.64. The highest BCUT2D eigenvalue weighted by molar-refractivity contribution is 5.01. The Morgan fingerprint density at radius 1 is 0.225 bits per heavy atom. The van der Waals surface area contributed by atoms with E-state index < -0.39 is 298 Å². The molecule has 8 aliphatic heterocycles. The van der Waals surface area contributed by atoms with Crippen LogP contribution in [0.1, 0.15) is 0 Å². The highest BCUT2D eigenvalue weighted by Crippen LogP contribution is 2.38. The van der Waals surface area contributed by atoms with Gasteiger partial charge in [0.1, 0.15) is 189 Å². The summed E-state index contributed by atoms with van der Waals surface area (Å²) in [5.41, 5.74) is 5.94. The van der Waals surface area contributed by atoms with Crippen molar-refractivity contribution in [1.29, 1.82) is 0 Å². The zero-order chi connectivity index (χ0) is 65.4. The Labute approximate surface area is 502 Å². The first-order chi connectivity index (χ1) is 42.2. The predicted octanol–water partition coefficient (Wildman–Crippen LogP) is -18.5. The average Bonchev–Trinajstić information content (AvgIpc) is 2.21. The molecule has 0 amide bonds. The standard InChI is InChI=1S/C48H83NO40/c49-17-25(63)36(14(6-55)77-41(17)74)85-45-35(73)37(24(62)16(83-45)8-76-47-39(30(68)22(60)13(5-54)82-47)88-43-33(71)27(65)19(57)10(2-51)79-43)86-48-40(89-44-34(72)28(66)20(58)11(3-52)80-44)31(69)23(61)15(84-48)7-75-46-38(29(67)21(59)12(4-53)81-46)87-42-32(70)26(64)18(56)9(1-50)78-42/h9-48,50-74H,1-8,49H2/t9-,10-,11-,12-,13-,14-,15-,16-,17-,18+,19-,20+,21+,22-,23+,24-,25-,26+,27+,28+,29+,30+,31+,32-,33+,34-,35+,36-,37+,38-,39+,40-,41+,42-,43-,44-,45-,46+,47+,48-/m1/s1. The van der Waals surface area contributed by atoms with E-state index >= 15 is 0 Å². The van der Waals surface area contributed by atoms with Gasteiger partial charge in [-0.05, 0) is 0 Å². The van der Waals surface area contributed by atoms with Gasteiger partial charge in [-0.2, -0.15) is 0 Å². The van der Waals surface area contributed by atoms with E-state index in [2.05, 4.69) is 0 Å². The second-order valence-corrected chi connectivity index (χ2v) is 22.5. The van der Waals surface area contributed by atoms with E-state index in [9.17, 15) is 128 Å². The van der Waals surface area contributed by atoms with Crippen LogP contribution in [0.25, 0.3) is 0 Å². The highest BCUT2D eigenvalue weighted by Gasteiger charge is 2.59. The fourth-order valence-corrected chi connectivity index (χ4v) is 11.2. The summed E-state index contributed by atoms with van der Waals surface area (Å²) in [4.78, 5) is 0. The molecular formula is C48H83NO40. The fourth-order valence-electron chi connectivity index (χ4n) is 11.2. The molecule has 0 unspecified atom stereocenters. The lowest BCUT2D eigenvalue weighted by Crippen LogP contribution is -2.69. The minimum Gasteiger partial charge on any atom is -0.394 e. The summed E-state index contributed by atoms with van der Waals surface area (Å²) in [5.74, 6) is 0. The summed E-state index contributed by atoms with van der Waals surface area (Å²) in [6.07, 6.45) is -79.7. The maximum absolute atomic E-state index is 12.3. The molecule has 0 saturated carbocycles. The molecule has 520 valence electrons. The maximum Gasteiger partial charge on any atom is 0.187 e. The Balaban J connectivity index is 1.11. The van der Waals surface area contributed by atoms with E-state index in [0.29, 0.717) is 0 Å². The number of nitrogens with two attached hydrogens (primary N) is 1. The van der Waals surface area contributed by atoms with Gasteiger partial charge in [-0.15, -0.1) is 0 Å². The Kier molecular flexibility index (Phi) is 25.9. The predicted molar refractivity (Wildman–Crippen MR) is 266 cm³/mol. The smallest absolute Gasteiger partial charge is 0.187 e. The number of hydrogen-bond acceptors (Lipinski definition) is 41. The quantitative estimate of drug-likeness (QED) is 0.0479. The van der Waals surface area contributed by atoms with Crippen molar-refractivity contribution in [3.05, 3.63) is 0 Å². The van der Waals surface area contributed by atoms with E-state index in [1.54, 1.807) is 0 Å². The molecule has 41 nitrogen and oxygen atoms in total. The second-order valence-electron chi connectivity index (χ2n) is 22.5. The van der Waals surface area contributed by atoms with Crippen molar-refractivity contribution >= 4 is 0 Å². The monoisotopic (exact) mass is 1310 g/mol. The molecule has 0 aliphatic carbocycles. The molecule has 0 aromatic carbocycles. The number of ether oxygens (including phenoxy) is 15. The molecule has 27 N–H and O–H groups in total. The average molecular weight is 1310 g/mol. The first-order valence-electron chi connectivity index (χ1n) is 28.2. The minimum absolute atomic E-state index is 0.940. The third-order valence-corrected chi connectivity index (χ3v) is 16.7. The summed E-state index contributed by atoms with van der Waals surface area (Å²) in [7, 11) is 0. The molecule has 0 aromatic heterocycles. The van der Waals surface area contributed by atoms with Crippen LogP contribution in [0.5, 0.6) is 0 Å². The van der Waals surface area contributed by atoms with Gasteiger partial charge in [-0.1, -0.05) is 0 Å². The molecule has 8 fully saturated rings. The van der Waals surface area contributed by atoms with Gasteiger partial charge in [-0.3, -0.25) is 0 Å². The summed E-state index contributed by atoms with van der Waals surface area (Å²) in [6.45, 7) is -8.11. The first kappa shape index (κ1) is 73.2. The van der Waals surface area contributed by atoms with E-state index in [-0.39, 0.29) is 0 Å². The molecule has 0 spiro atoms. The molecule has 0 aromatic rings. The SMILES string of the molecule is N[C@@H]1[C@@H](O)[C@H](O[C@H]2O[C@H](CO[C@H]3O[C@H](CO)[C@@H](O)[C@H](O)[C@@H]3O[C@H]3O[C@H](CO)[C@@H](O)[C@H](O)[C@@H]3O)[C@@H](O)[C@H](O[C@H]3O[C@H](CO[C@H]4O[C@H](CO)[C@H](O)[C@H](O)[C@H]4O[C@H]4O[C@H](CO)[C@H](O)[C@H](O)[C@H]4O)[C@H](O)[C@H](O)[C@H]3O[C@H]3O[C@H](CO)[C@H](O)[C@H](O)[C@H]3O)[C@@H]2O)[C@@H](CO)O[C@@H]1O. The molecule has 0 radical (unpaired) electrons. The zero-order valence-electron chi connectivity index (χ0n) is 46.6. The fraction of sp³-hybridized carbons (Fsp3) is 1.00. The van der Waals surface area contributed by atoms with Crippen molar-refractivity contribution in [2.24, 2.45) is 5.73 Å². The molecule has 41 heteroatoms. The van der Waals surface area contributed by atoms with Crippen molar-refractivity contribution in [1.82, 2.24) is 0 Å². The Bertz CT molecular complexity index is 2140. The van der Waals surface area contributed by atoms with Gasteiger partial charge in [0.05, 0.1) is 58.9 Å². The maximum atomic E-state index is 12.3. The summed E-state index contributed by atoms with van der Waals surface area (Å²) in [6, 6.07) is -1.68. The highest BCUT2D eigenvalue weighted by atomic mass is 16.8. The van der Waals surface area contributed by atoms with E-state index in [0.717, 1.165) is 0 Å². The number of rotatable bonds is 22. The van der Waals surface area contributed by atoms with Crippen molar-refractivity contribution in [2.75, 3.05) is 52.9 Å². The molecule has 8 saturated heterocycles. The van der Waals surface area contributed by atoms with E-state index in [4.69, 9.17) is 76.8 Å². The molecule has 0 bridgehead atoms. The number of hydrogen-bond donors (Lipinski definition) is 26. The van der Waals surface area contributed by atoms with Gasteiger partial charge >= 0.3 is 0 Å². The van der Waals surface area contributed by atoms with Crippen molar-refractivity contribution in [3.63, 3.8) is 0 Å². The van der Waals surface area contributed by atoms with Crippen LogP contribution in [0.3, 0.4) is 0 Å². The number of aliphatic hydroxyl groups is 25. The van der Waals surface area contributed by atoms with Gasteiger partial charge in [0, 0.05) is 0 Å².